The van der Waals surface area contributed by atoms with Gasteiger partial charge in [-0.3, -0.25) is 19.2 Å². The van der Waals surface area contributed by atoms with Crippen molar-refractivity contribution >= 4 is 52.6 Å². The highest BCUT2D eigenvalue weighted by Crippen LogP contribution is 2.21. The van der Waals surface area contributed by atoms with Crippen molar-refractivity contribution in [3.63, 3.8) is 0 Å². The Bertz CT molecular complexity index is 1730. The van der Waals surface area contributed by atoms with Gasteiger partial charge in [-0.2, -0.15) is 0 Å². The maximum Gasteiger partial charge on any atom is 0.326 e. The van der Waals surface area contributed by atoms with E-state index in [-0.39, 0.29) is 29.6 Å². The van der Waals surface area contributed by atoms with Crippen LogP contribution in [0.5, 0.6) is 0 Å². The van der Waals surface area contributed by atoms with Crippen LogP contribution in [0.25, 0.3) is 0 Å². The molecule has 0 radical (unpaired) electrons. The third-order valence-electron chi connectivity index (χ3n) is 7.10. The smallest absolute Gasteiger partial charge is 0.326 e. The van der Waals surface area contributed by atoms with E-state index in [0.717, 1.165) is 16.7 Å². The van der Waals surface area contributed by atoms with Gasteiger partial charge >= 0.3 is 5.97 Å². The number of thioether (sulfide) groups is 1. The highest BCUT2D eigenvalue weighted by molar-refractivity contribution is 7.99. The van der Waals surface area contributed by atoms with Crippen LogP contribution < -0.4 is 16.2 Å². The molecule has 0 aliphatic heterocycles. The van der Waals surface area contributed by atoms with E-state index in [1.807, 2.05) is 72.8 Å². The molecule has 2 amide bonds. The van der Waals surface area contributed by atoms with Crippen LogP contribution in [0, 0.1) is 0 Å². The summed E-state index contributed by atoms with van der Waals surface area (Å²) in [5, 5.41) is 15.4. The molecule has 46 heavy (non-hydrogen) atoms. The van der Waals surface area contributed by atoms with Crippen molar-refractivity contribution in [1.29, 1.82) is 0 Å². The van der Waals surface area contributed by atoms with E-state index >= 15 is 0 Å². The molecule has 11 heteroatoms. The fraction of sp³-hybridized carbons (Fsp3) is 0.229. The minimum absolute atomic E-state index is 0.00294. The summed E-state index contributed by atoms with van der Waals surface area (Å²) in [4.78, 5) is 64.0. The molecule has 1 unspecified atom stereocenters. The maximum atomic E-state index is 13.6. The van der Waals surface area contributed by atoms with E-state index in [2.05, 4.69) is 10.6 Å². The molecule has 0 saturated carbocycles. The average Bonchev–Trinajstić information content (AvgIpc) is 3.04. The van der Waals surface area contributed by atoms with Crippen LogP contribution in [0.2, 0.25) is 5.02 Å². The van der Waals surface area contributed by atoms with E-state index in [9.17, 15) is 29.1 Å². The summed E-state index contributed by atoms with van der Waals surface area (Å²) in [5.41, 5.74) is 2.62. The highest BCUT2D eigenvalue weighted by Gasteiger charge is 2.24. The number of hydrogen-bond donors (Lipinski definition) is 3. The number of carboxylic acids is 1. The minimum Gasteiger partial charge on any atom is -0.480 e. The fourth-order valence-electron chi connectivity index (χ4n) is 4.72. The Labute approximate surface area is 276 Å². The first-order chi connectivity index (χ1) is 22.2. The number of nitrogens with one attached hydrogen (secondary N) is 2. The molecule has 238 valence electrons. The summed E-state index contributed by atoms with van der Waals surface area (Å²) >= 11 is 7.46. The number of benzene rings is 3. The Morgan fingerprint density at radius 1 is 0.826 bits per heavy atom. The zero-order chi connectivity index (χ0) is 32.9. The Morgan fingerprint density at radius 3 is 2.15 bits per heavy atom. The number of ketones is 1. The van der Waals surface area contributed by atoms with Crippen molar-refractivity contribution in [3.05, 3.63) is 135 Å². The molecule has 3 aromatic carbocycles. The normalized spacial score (nSPS) is 11.4. The van der Waals surface area contributed by atoms with E-state index in [0.29, 0.717) is 29.3 Å². The summed E-state index contributed by atoms with van der Waals surface area (Å²) in [6, 6.07) is 27.7. The van der Waals surface area contributed by atoms with Crippen molar-refractivity contribution in [1.82, 2.24) is 9.88 Å². The lowest BCUT2D eigenvalue weighted by Gasteiger charge is -2.18. The second-order valence-electron chi connectivity index (χ2n) is 10.6. The molecule has 3 N–H and O–H groups in total. The van der Waals surface area contributed by atoms with E-state index in [4.69, 9.17) is 11.6 Å². The van der Waals surface area contributed by atoms with Crippen LogP contribution in [0.3, 0.4) is 0 Å². The number of rotatable bonds is 16. The Morgan fingerprint density at radius 2 is 1.48 bits per heavy atom. The van der Waals surface area contributed by atoms with Gasteiger partial charge < -0.3 is 20.3 Å². The van der Waals surface area contributed by atoms with Gasteiger partial charge in [0.15, 0.2) is 0 Å². The van der Waals surface area contributed by atoms with Crippen LogP contribution in [0.1, 0.15) is 35.2 Å². The third kappa shape index (κ3) is 10.5. The number of pyridine rings is 1. The van der Waals surface area contributed by atoms with E-state index < -0.39 is 36.4 Å². The summed E-state index contributed by atoms with van der Waals surface area (Å²) < 4.78 is 1.22. The van der Waals surface area contributed by atoms with Gasteiger partial charge in [-0.15, -0.1) is 11.8 Å². The molecule has 0 fully saturated rings. The number of aromatic nitrogens is 1. The minimum atomic E-state index is -1.48. The number of anilines is 1. The van der Waals surface area contributed by atoms with Gasteiger partial charge in [0.1, 0.15) is 24.1 Å². The van der Waals surface area contributed by atoms with Gasteiger partial charge in [-0.05, 0) is 41.3 Å². The topological polar surface area (TPSA) is 135 Å². The van der Waals surface area contributed by atoms with Gasteiger partial charge in [-0.25, -0.2) is 4.79 Å². The first-order valence-electron chi connectivity index (χ1n) is 14.6. The van der Waals surface area contributed by atoms with Gasteiger partial charge in [0.05, 0.1) is 5.75 Å². The van der Waals surface area contributed by atoms with Gasteiger partial charge in [0.25, 0.3) is 5.56 Å². The monoisotopic (exact) mass is 659 g/mol. The largest absolute Gasteiger partial charge is 0.480 e. The molecule has 0 bridgehead atoms. The van der Waals surface area contributed by atoms with Gasteiger partial charge in [-0.1, -0.05) is 90.5 Å². The molecule has 1 aromatic heterocycles. The number of aryl methyl sites for hydroxylation is 1. The SMILES string of the molecule is O=C(CSCc1ccccc1Cl)CC(NC(=O)Cn1c(Cc2ccccc2)ccc(NC(=O)CCc2ccccc2)c1=O)C(=O)O. The first-order valence-corrected chi connectivity index (χ1v) is 16.2. The van der Waals surface area contributed by atoms with Crippen molar-refractivity contribution in [2.75, 3.05) is 11.1 Å². The number of carbonyl (C=O) groups is 4. The number of halogens is 1. The third-order valence-corrected chi connectivity index (χ3v) is 8.51. The molecule has 1 heterocycles. The number of Topliss-reactive ketones (excluding diaryl/α,β-unsaturated/α-hetero) is 1. The molecule has 0 spiro atoms. The van der Waals surface area contributed by atoms with Crippen molar-refractivity contribution in [3.8, 4) is 0 Å². The Balaban J connectivity index is 1.43. The second kappa shape index (κ2) is 17.1. The number of amides is 2. The number of nitrogens with zero attached hydrogens (tertiary/aromatic N) is 1. The highest BCUT2D eigenvalue weighted by atomic mass is 35.5. The van der Waals surface area contributed by atoms with Crippen LogP contribution in [-0.2, 0) is 44.3 Å². The molecular formula is C35H34ClN3O6S. The second-order valence-corrected chi connectivity index (χ2v) is 12.0. The van der Waals surface area contributed by atoms with Gasteiger partial charge in [0.2, 0.25) is 11.8 Å². The summed E-state index contributed by atoms with van der Waals surface area (Å²) in [7, 11) is 0. The Hall–Kier alpha value is -4.67. The maximum absolute atomic E-state index is 13.6. The van der Waals surface area contributed by atoms with Gasteiger partial charge in [0, 0.05) is 35.7 Å². The molecule has 9 nitrogen and oxygen atoms in total. The summed E-state index contributed by atoms with van der Waals surface area (Å²) in [6.07, 6.45) is 0.541. The first kappa shape index (κ1) is 34.2. The van der Waals surface area contributed by atoms with Crippen LogP contribution in [-0.4, -0.2) is 45.0 Å². The van der Waals surface area contributed by atoms with E-state index in [1.54, 1.807) is 18.2 Å². The van der Waals surface area contributed by atoms with Crippen LogP contribution >= 0.6 is 23.4 Å². The van der Waals surface area contributed by atoms with E-state index in [1.165, 1.54) is 22.4 Å². The zero-order valence-electron chi connectivity index (χ0n) is 25.0. The number of carboxylic acid groups (broad SMARTS) is 1. The molecule has 1 atom stereocenters. The molecule has 4 rings (SSSR count). The molecule has 0 aliphatic carbocycles. The predicted octanol–water partition coefficient (Wildman–Crippen LogP) is 5.13. The van der Waals surface area contributed by atoms with Crippen molar-refractivity contribution in [2.45, 2.75) is 44.0 Å². The predicted molar refractivity (Wildman–Crippen MR) is 180 cm³/mol. The quantitative estimate of drug-likeness (QED) is 0.152. The molecular weight excluding hydrogens is 626 g/mol. The van der Waals surface area contributed by atoms with Crippen molar-refractivity contribution < 1.29 is 24.3 Å². The lowest BCUT2D eigenvalue weighted by molar-refractivity contribution is -0.143. The standard InChI is InChI=1S/C35H34ClN3O6S/c36-29-14-8-7-13-26(29)22-46-23-28(40)20-31(35(44)45)38-33(42)21-39-27(19-25-11-5-2-6-12-25)16-17-30(34(39)43)37-32(41)18-15-24-9-3-1-4-10-24/h1-14,16-17,31H,15,18-23H2,(H,37,41)(H,38,42)(H,44,45). The van der Waals surface area contributed by atoms with Crippen molar-refractivity contribution in [2.24, 2.45) is 0 Å². The summed E-state index contributed by atoms with van der Waals surface area (Å²) in [5.74, 6) is -2.32. The lowest BCUT2D eigenvalue weighted by atomic mass is 10.1. The van der Waals surface area contributed by atoms with Crippen LogP contribution in [0.4, 0.5) is 5.69 Å². The number of carbonyl (C=O) groups excluding carboxylic acids is 3. The summed E-state index contributed by atoms with van der Waals surface area (Å²) in [6.45, 7) is -0.506. The average molecular weight is 660 g/mol. The molecule has 0 saturated heterocycles. The molecule has 0 aliphatic rings. The number of hydrogen-bond acceptors (Lipinski definition) is 6. The molecule has 4 aromatic rings. The van der Waals surface area contributed by atoms with Crippen LogP contribution in [0.15, 0.2) is 102 Å². The Kier molecular flexibility index (Phi) is 12.7. The number of aliphatic carboxylic acids is 1. The zero-order valence-corrected chi connectivity index (χ0v) is 26.6. The lowest BCUT2D eigenvalue weighted by Crippen LogP contribution is -2.45. The fourth-order valence-corrected chi connectivity index (χ4v) is 5.92.